The van der Waals surface area contributed by atoms with E-state index in [0.717, 1.165) is 33.6 Å². The van der Waals surface area contributed by atoms with Gasteiger partial charge in [0.05, 0.1) is 0 Å². The van der Waals surface area contributed by atoms with Crippen molar-refractivity contribution in [1.82, 2.24) is 0 Å². The van der Waals surface area contributed by atoms with E-state index in [1.54, 1.807) is 0 Å². The van der Waals surface area contributed by atoms with Crippen LogP contribution in [0, 0.1) is 26.2 Å². The van der Waals surface area contributed by atoms with Crippen molar-refractivity contribution in [2.45, 2.75) is 53.2 Å². The molecule has 1 aliphatic heterocycles. The van der Waals surface area contributed by atoms with E-state index < -0.39 is 23.5 Å². The van der Waals surface area contributed by atoms with E-state index in [9.17, 15) is 19.8 Å². The predicted octanol–water partition coefficient (Wildman–Crippen LogP) is 4.06. The summed E-state index contributed by atoms with van der Waals surface area (Å²) in [6, 6.07) is 9.89. The molecule has 2 aromatic rings. The lowest BCUT2D eigenvalue weighted by molar-refractivity contribution is -0.171. The molecule has 1 heterocycles. The average molecular weight is 398 g/mol. The zero-order valence-electron chi connectivity index (χ0n) is 17.1. The topological polar surface area (TPSA) is 93.1 Å². The molecule has 0 aromatic heterocycles. The van der Waals surface area contributed by atoms with Crippen LogP contribution in [0.3, 0.4) is 0 Å². The first-order valence-corrected chi connectivity index (χ1v) is 9.60. The second kappa shape index (κ2) is 7.78. The Morgan fingerprint density at radius 1 is 1.07 bits per heavy atom. The highest BCUT2D eigenvalue weighted by molar-refractivity contribution is 5.98. The van der Waals surface area contributed by atoms with E-state index in [0.29, 0.717) is 25.2 Å². The Bertz CT molecular complexity index is 934. The highest BCUT2D eigenvalue weighted by atomic mass is 16.5. The van der Waals surface area contributed by atoms with Gasteiger partial charge in [0.25, 0.3) is 0 Å². The first-order chi connectivity index (χ1) is 13.7. The van der Waals surface area contributed by atoms with Crippen molar-refractivity contribution in [1.29, 1.82) is 0 Å². The number of carbonyl (C=O) groups is 2. The normalized spacial score (nSPS) is 15.9. The molecule has 6 heteroatoms. The Balaban J connectivity index is 1.94. The van der Waals surface area contributed by atoms with Gasteiger partial charge in [-0.1, -0.05) is 30.3 Å². The van der Waals surface area contributed by atoms with Gasteiger partial charge in [-0.05, 0) is 62.8 Å². The molecule has 2 aromatic carbocycles. The minimum absolute atomic E-state index is 0.309. The Morgan fingerprint density at radius 3 is 2.28 bits per heavy atom. The second-order valence-electron chi connectivity index (χ2n) is 7.74. The van der Waals surface area contributed by atoms with Crippen molar-refractivity contribution in [3.05, 3.63) is 58.1 Å². The Morgan fingerprint density at radius 2 is 1.69 bits per heavy atom. The predicted molar refractivity (Wildman–Crippen MR) is 108 cm³/mol. The molecule has 6 nitrogen and oxygen atoms in total. The van der Waals surface area contributed by atoms with Crippen molar-refractivity contribution in [2.75, 3.05) is 0 Å². The number of ether oxygens (including phenoxy) is 2. The SMILES string of the molecule is Cc1c(C)c2c(c(C)c1OCc1ccccc1)CCC(C(C)(C(=O)O)C(=O)O)O2. The molecular formula is C23H26O6. The van der Waals surface area contributed by atoms with Crippen LogP contribution in [0.15, 0.2) is 30.3 Å². The Kier molecular flexibility index (Phi) is 5.55. The average Bonchev–Trinajstić information content (AvgIpc) is 2.71. The molecule has 0 aliphatic carbocycles. The maximum Gasteiger partial charge on any atom is 0.324 e. The number of hydrogen-bond donors (Lipinski definition) is 2. The molecule has 29 heavy (non-hydrogen) atoms. The molecule has 0 saturated heterocycles. The number of carboxylic acid groups (broad SMARTS) is 2. The van der Waals surface area contributed by atoms with Crippen molar-refractivity contribution in [2.24, 2.45) is 5.41 Å². The van der Waals surface area contributed by atoms with Crippen LogP contribution in [0.1, 0.15) is 41.2 Å². The van der Waals surface area contributed by atoms with E-state index in [1.807, 2.05) is 51.1 Å². The number of hydrogen-bond acceptors (Lipinski definition) is 4. The highest BCUT2D eigenvalue weighted by Crippen LogP contribution is 2.44. The standard InChI is InChI=1S/C23H26O6/c1-13-14(2)20-17(10-11-18(29-20)23(4,21(24)25)22(26)27)15(3)19(13)28-12-16-8-6-5-7-9-16/h5-9,18H,10-12H2,1-4H3,(H,24,25)(H,26,27). The molecule has 2 N–H and O–H groups in total. The molecule has 1 atom stereocenters. The quantitative estimate of drug-likeness (QED) is 0.713. The molecule has 0 radical (unpaired) electrons. The summed E-state index contributed by atoms with van der Waals surface area (Å²) in [5.41, 5.74) is 2.71. The smallest absolute Gasteiger partial charge is 0.324 e. The molecule has 0 amide bonds. The maximum absolute atomic E-state index is 11.7. The van der Waals surface area contributed by atoms with Gasteiger partial charge in [0.1, 0.15) is 24.2 Å². The number of rotatable bonds is 6. The zero-order chi connectivity index (χ0) is 21.3. The van der Waals surface area contributed by atoms with Crippen LogP contribution in [0.2, 0.25) is 0 Å². The van der Waals surface area contributed by atoms with Gasteiger partial charge in [0.15, 0.2) is 5.41 Å². The summed E-state index contributed by atoms with van der Waals surface area (Å²) in [6.45, 7) is 7.44. The molecular weight excluding hydrogens is 372 g/mol. The number of benzene rings is 2. The van der Waals surface area contributed by atoms with E-state index in [2.05, 4.69) is 0 Å². The zero-order valence-corrected chi connectivity index (χ0v) is 17.1. The Labute approximate surface area is 170 Å². The summed E-state index contributed by atoms with van der Waals surface area (Å²) in [7, 11) is 0. The lowest BCUT2D eigenvalue weighted by atomic mass is 9.79. The van der Waals surface area contributed by atoms with E-state index in [-0.39, 0.29) is 0 Å². The summed E-state index contributed by atoms with van der Waals surface area (Å²) >= 11 is 0. The van der Waals surface area contributed by atoms with Crippen LogP contribution in [0.25, 0.3) is 0 Å². The lowest BCUT2D eigenvalue weighted by Crippen LogP contribution is -2.50. The fourth-order valence-electron chi connectivity index (χ4n) is 3.81. The van der Waals surface area contributed by atoms with Crippen molar-refractivity contribution in [3.8, 4) is 11.5 Å². The van der Waals surface area contributed by atoms with Gasteiger partial charge in [-0.25, -0.2) is 0 Å². The van der Waals surface area contributed by atoms with Crippen LogP contribution in [0.5, 0.6) is 11.5 Å². The van der Waals surface area contributed by atoms with Crippen molar-refractivity contribution in [3.63, 3.8) is 0 Å². The summed E-state index contributed by atoms with van der Waals surface area (Å²) < 4.78 is 12.1. The molecule has 154 valence electrons. The third kappa shape index (κ3) is 3.55. The van der Waals surface area contributed by atoms with Gasteiger partial charge < -0.3 is 19.7 Å². The number of aliphatic carboxylic acids is 2. The molecule has 0 spiro atoms. The minimum atomic E-state index is -2.01. The Hall–Kier alpha value is -3.02. The summed E-state index contributed by atoms with van der Waals surface area (Å²) in [4.78, 5) is 23.4. The van der Waals surface area contributed by atoms with Crippen molar-refractivity contribution < 1.29 is 29.3 Å². The van der Waals surface area contributed by atoms with Gasteiger partial charge in [0, 0.05) is 5.56 Å². The fourth-order valence-corrected chi connectivity index (χ4v) is 3.81. The van der Waals surface area contributed by atoms with E-state index in [1.165, 1.54) is 6.92 Å². The van der Waals surface area contributed by atoms with Crippen LogP contribution in [-0.4, -0.2) is 28.3 Å². The third-order valence-electron chi connectivity index (χ3n) is 5.99. The third-order valence-corrected chi connectivity index (χ3v) is 5.99. The number of carboxylic acids is 2. The lowest BCUT2D eigenvalue weighted by Gasteiger charge is -2.36. The maximum atomic E-state index is 11.7. The van der Waals surface area contributed by atoms with Gasteiger partial charge in [0.2, 0.25) is 0 Å². The summed E-state index contributed by atoms with van der Waals surface area (Å²) in [5, 5.41) is 19.0. The van der Waals surface area contributed by atoms with E-state index in [4.69, 9.17) is 9.47 Å². The van der Waals surface area contributed by atoms with Gasteiger partial charge in [-0.3, -0.25) is 9.59 Å². The summed E-state index contributed by atoms with van der Waals surface area (Å²) in [6.07, 6.45) is -0.104. The molecule has 1 unspecified atom stereocenters. The molecule has 0 saturated carbocycles. The van der Waals surface area contributed by atoms with Crippen LogP contribution in [-0.2, 0) is 22.6 Å². The molecule has 0 bridgehead atoms. The number of fused-ring (bicyclic) bond motifs is 1. The van der Waals surface area contributed by atoms with Gasteiger partial charge in [-0.15, -0.1) is 0 Å². The summed E-state index contributed by atoms with van der Waals surface area (Å²) in [5.74, 6) is -1.41. The fraction of sp³-hybridized carbons (Fsp3) is 0.391. The largest absolute Gasteiger partial charge is 0.488 e. The second-order valence-corrected chi connectivity index (χ2v) is 7.74. The molecule has 0 fully saturated rings. The van der Waals surface area contributed by atoms with Gasteiger partial charge >= 0.3 is 11.9 Å². The monoisotopic (exact) mass is 398 g/mol. The first kappa shape index (κ1) is 20.7. The molecule has 3 rings (SSSR count). The van der Waals surface area contributed by atoms with Gasteiger partial charge in [-0.2, -0.15) is 0 Å². The molecule has 1 aliphatic rings. The van der Waals surface area contributed by atoms with Crippen LogP contribution in [0.4, 0.5) is 0 Å². The minimum Gasteiger partial charge on any atom is -0.488 e. The van der Waals surface area contributed by atoms with E-state index >= 15 is 0 Å². The highest BCUT2D eigenvalue weighted by Gasteiger charge is 2.52. The van der Waals surface area contributed by atoms with Crippen LogP contribution >= 0.6 is 0 Å². The van der Waals surface area contributed by atoms with Crippen LogP contribution < -0.4 is 9.47 Å². The van der Waals surface area contributed by atoms with Crippen molar-refractivity contribution >= 4 is 11.9 Å². The first-order valence-electron chi connectivity index (χ1n) is 9.60.